The lowest BCUT2D eigenvalue weighted by atomic mass is 10.1. The zero-order valence-electron chi connectivity index (χ0n) is 19.8. The van der Waals surface area contributed by atoms with Crippen molar-refractivity contribution in [3.05, 3.63) is 30.6 Å². The van der Waals surface area contributed by atoms with Gasteiger partial charge in [-0.2, -0.15) is 0 Å². The lowest BCUT2D eigenvalue weighted by molar-refractivity contribution is 0.264. The first-order valence-corrected chi connectivity index (χ1v) is 12.2. The molecule has 0 amide bonds. The first-order chi connectivity index (χ1) is 16.2. The summed E-state index contributed by atoms with van der Waals surface area (Å²) in [6, 6.07) is 6.44. The third-order valence-electron chi connectivity index (χ3n) is 6.95. The minimum atomic E-state index is 0.430. The zero-order valence-corrected chi connectivity index (χ0v) is 19.8. The molecule has 2 aliphatic heterocycles. The Morgan fingerprint density at radius 2 is 1.85 bits per heavy atom. The molecule has 0 radical (unpaired) electrons. The van der Waals surface area contributed by atoms with Gasteiger partial charge in [0.25, 0.3) is 0 Å². The van der Waals surface area contributed by atoms with Gasteiger partial charge in [0, 0.05) is 36.6 Å². The molecule has 5 rings (SSSR count). The van der Waals surface area contributed by atoms with Crippen LogP contribution in [0, 0.1) is 0 Å². The average molecular weight is 450 g/mol. The smallest absolute Gasteiger partial charge is 0.212 e. The molecule has 5 heterocycles. The van der Waals surface area contributed by atoms with E-state index in [1.165, 1.54) is 25.9 Å². The predicted octanol–water partition coefficient (Wildman–Crippen LogP) is 3.49. The van der Waals surface area contributed by atoms with E-state index in [1.807, 2.05) is 12.1 Å². The van der Waals surface area contributed by atoms with Crippen LogP contribution in [-0.2, 0) is 6.54 Å². The second-order valence-corrected chi connectivity index (χ2v) is 9.36. The van der Waals surface area contributed by atoms with E-state index in [-0.39, 0.29) is 0 Å². The molecule has 3 aromatic rings. The van der Waals surface area contributed by atoms with Gasteiger partial charge in [0.1, 0.15) is 11.5 Å². The molecule has 0 saturated carbocycles. The van der Waals surface area contributed by atoms with Crippen molar-refractivity contribution in [1.29, 1.82) is 0 Å². The molecule has 0 aliphatic carbocycles. The minimum absolute atomic E-state index is 0.430. The SMILES string of the molecule is COc1ccc(-c2nc(NC3CCN(C)CC3)c3ccn(CCCN4CCCC4)c3n2)cn1. The maximum atomic E-state index is 5.23. The number of hydrogen-bond acceptors (Lipinski definition) is 7. The van der Waals surface area contributed by atoms with Crippen molar-refractivity contribution in [3.63, 3.8) is 0 Å². The number of nitrogens with one attached hydrogen (secondary N) is 1. The number of likely N-dealkylation sites (tertiary alicyclic amines) is 2. The molecule has 2 saturated heterocycles. The van der Waals surface area contributed by atoms with Crippen LogP contribution in [0.2, 0.25) is 0 Å². The van der Waals surface area contributed by atoms with Crippen LogP contribution >= 0.6 is 0 Å². The van der Waals surface area contributed by atoms with Crippen molar-refractivity contribution in [2.45, 2.75) is 44.7 Å². The van der Waals surface area contributed by atoms with Crippen molar-refractivity contribution in [3.8, 4) is 17.3 Å². The molecule has 2 aliphatic rings. The van der Waals surface area contributed by atoms with Crippen molar-refractivity contribution >= 4 is 16.9 Å². The Balaban J connectivity index is 1.43. The van der Waals surface area contributed by atoms with Gasteiger partial charge in [0.15, 0.2) is 5.82 Å². The third-order valence-corrected chi connectivity index (χ3v) is 6.95. The fraction of sp³-hybridized carbons (Fsp3) is 0.560. The van der Waals surface area contributed by atoms with E-state index in [9.17, 15) is 0 Å². The molecule has 3 aromatic heterocycles. The zero-order chi connectivity index (χ0) is 22.6. The molecular formula is C25H35N7O. The van der Waals surface area contributed by atoms with Crippen LogP contribution in [-0.4, -0.2) is 82.2 Å². The van der Waals surface area contributed by atoms with Crippen molar-refractivity contribution in [2.75, 3.05) is 52.2 Å². The van der Waals surface area contributed by atoms with Gasteiger partial charge in [-0.1, -0.05) is 0 Å². The second kappa shape index (κ2) is 10.1. The lowest BCUT2D eigenvalue weighted by Crippen LogP contribution is -2.36. The van der Waals surface area contributed by atoms with Gasteiger partial charge >= 0.3 is 0 Å². The normalized spacial score (nSPS) is 18.2. The maximum absolute atomic E-state index is 5.23. The molecule has 0 aromatic carbocycles. The molecule has 8 heteroatoms. The summed E-state index contributed by atoms with van der Waals surface area (Å²) in [5.41, 5.74) is 1.89. The molecule has 1 N–H and O–H groups in total. The van der Waals surface area contributed by atoms with Gasteiger partial charge in [0.05, 0.1) is 12.5 Å². The summed E-state index contributed by atoms with van der Waals surface area (Å²) < 4.78 is 7.51. The van der Waals surface area contributed by atoms with Crippen LogP contribution in [0.3, 0.4) is 0 Å². The van der Waals surface area contributed by atoms with Crippen molar-refractivity contribution in [1.82, 2.24) is 29.3 Å². The van der Waals surface area contributed by atoms with E-state index in [0.29, 0.717) is 17.7 Å². The number of hydrogen-bond donors (Lipinski definition) is 1. The Bertz CT molecular complexity index is 1050. The van der Waals surface area contributed by atoms with E-state index in [1.54, 1.807) is 13.3 Å². The monoisotopic (exact) mass is 449 g/mol. The Morgan fingerprint density at radius 3 is 2.58 bits per heavy atom. The van der Waals surface area contributed by atoms with Crippen LogP contribution in [0.1, 0.15) is 32.1 Å². The molecule has 8 nitrogen and oxygen atoms in total. The number of anilines is 1. The molecule has 0 atom stereocenters. The van der Waals surface area contributed by atoms with Gasteiger partial charge in [-0.25, -0.2) is 15.0 Å². The highest BCUT2D eigenvalue weighted by atomic mass is 16.5. The first kappa shape index (κ1) is 22.1. The van der Waals surface area contributed by atoms with Crippen LogP contribution in [0.4, 0.5) is 5.82 Å². The van der Waals surface area contributed by atoms with Crippen LogP contribution in [0.15, 0.2) is 30.6 Å². The van der Waals surface area contributed by atoms with Gasteiger partial charge in [-0.3, -0.25) is 0 Å². The predicted molar refractivity (Wildman–Crippen MR) is 132 cm³/mol. The highest BCUT2D eigenvalue weighted by molar-refractivity contribution is 5.89. The number of aromatic nitrogens is 4. The summed E-state index contributed by atoms with van der Waals surface area (Å²) in [6.45, 7) is 6.82. The summed E-state index contributed by atoms with van der Waals surface area (Å²) in [6.07, 6.45) is 10.0. The average Bonchev–Trinajstić information content (AvgIpc) is 3.51. The standard InChI is InChI=1S/C25H35N7O/c1-30-15-8-20(9-16-30)27-24-21-10-17-32(14-5-13-31-11-3-4-12-31)25(21)29-23(28-24)19-6-7-22(33-2)26-18-19/h6-7,10,17-18,20H,3-5,8-9,11-16H2,1-2H3,(H,27,28,29). The van der Waals surface area contributed by atoms with E-state index in [0.717, 1.165) is 67.9 Å². The van der Waals surface area contributed by atoms with Crippen molar-refractivity contribution < 1.29 is 4.74 Å². The highest BCUT2D eigenvalue weighted by Crippen LogP contribution is 2.28. The fourth-order valence-electron chi connectivity index (χ4n) is 4.94. The van der Waals surface area contributed by atoms with Gasteiger partial charge in [0.2, 0.25) is 5.88 Å². The molecule has 0 unspecified atom stereocenters. The van der Waals surface area contributed by atoms with E-state index < -0.39 is 0 Å². The van der Waals surface area contributed by atoms with Gasteiger partial charge in [-0.05, 0) is 84.0 Å². The van der Waals surface area contributed by atoms with Crippen LogP contribution in [0.5, 0.6) is 5.88 Å². The minimum Gasteiger partial charge on any atom is -0.481 e. The molecular weight excluding hydrogens is 414 g/mol. The summed E-state index contributed by atoms with van der Waals surface area (Å²) in [5, 5.41) is 4.84. The highest BCUT2D eigenvalue weighted by Gasteiger charge is 2.20. The summed E-state index contributed by atoms with van der Waals surface area (Å²) in [4.78, 5) is 19.3. The number of nitrogens with zero attached hydrogens (tertiary/aromatic N) is 6. The van der Waals surface area contributed by atoms with E-state index in [4.69, 9.17) is 14.7 Å². The lowest BCUT2D eigenvalue weighted by Gasteiger charge is -2.30. The molecule has 0 spiro atoms. The topological polar surface area (TPSA) is 71.3 Å². The van der Waals surface area contributed by atoms with Gasteiger partial charge < -0.3 is 24.4 Å². The number of fused-ring (bicyclic) bond motifs is 1. The Hall–Kier alpha value is -2.71. The Morgan fingerprint density at radius 1 is 1.03 bits per heavy atom. The number of methoxy groups -OCH3 is 1. The quantitative estimate of drug-likeness (QED) is 0.564. The third kappa shape index (κ3) is 5.12. The van der Waals surface area contributed by atoms with Crippen molar-refractivity contribution in [2.24, 2.45) is 0 Å². The summed E-state index contributed by atoms with van der Waals surface area (Å²) in [7, 11) is 3.82. The van der Waals surface area contributed by atoms with E-state index in [2.05, 4.69) is 44.0 Å². The maximum Gasteiger partial charge on any atom is 0.212 e. The number of rotatable bonds is 8. The number of ether oxygens (including phenoxy) is 1. The molecule has 2 fully saturated rings. The van der Waals surface area contributed by atoms with Crippen LogP contribution in [0.25, 0.3) is 22.4 Å². The summed E-state index contributed by atoms with van der Waals surface area (Å²) >= 11 is 0. The van der Waals surface area contributed by atoms with Crippen LogP contribution < -0.4 is 10.1 Å². The number of piperidine rings is 1. The fourth-order valence-corrected chi connectivity index (χ4v) is 4.94. The Labute approximate surface area is 196 Å². The molecule has 176 valence electrons. The number of pyridine rings is 1. The molecule has 0 bridgehead atoms. The number of aryl methyl sites for hydroxylation is 1. The first-order valence-electron chi connectivity index (χ1n) is 12.2. The Kier molecular flexibility index (Phi) is 6.73. The molecule has 33 heavy (non-hydrogen) atoms. The van der Waals surface area contributed by atoms with Gasteiger partial charge in [-0.15, -0.1) is 0 Å². The van der Waals surface area contributed by atoms with E-state index >= 15 is 0 Å². The second-order valence-electron chi connectivity index (χ2n) is 9.36. The largest absolute Gasteiger partial charge is 0.481 e. The summed E-state index contributed by atoms with van der Waals surface area (Å²) in [5.74, 6) is 2.22.